The Hall–Kier alpha value is -2.33. The van der Waals surface area contributed by atoms with Crippen molar-refractivity contribution in [2.24, 2.45) is 0 Å². The molecule has 1 heterocycles. The third-order valence-electron chi connectivity index (χ3n) is 2.82. The number of aromatic nitrogens is 3. The molecule has 1 aromatic heterocycles. The summed E-state index contributed by atoms with van der Waals surface area (Å²) in [7, 11) is 0. The lowest BCUT2D eigenvalue weighted by Crippen LogP contribution is -2.33. The topological polar surface area (TPSA) is 85.7 Å². The van der Waals surface area contributed by atoms with Crippen molar-refractivity contribution in [2.45, 2.75) is 18.5 Å². The highest BCUT2D eigenvalue weighted by atomic mass is 32.2. The van der Waals surface area contributed by atoms with Crippen molar-refractivity contribution in [1.82, 2.24) is 15.2 Å². The van der Waals surface area contributed by atoms with Crippen molar-refractivity contribution in [2.75, 3.05) is 17.2 Å². The maximum Gasteiger partial charge on any atom is 0.237 e. The van der Waals surface area contributed by atoms with Gasteiger partial charge in [-0.1, -0.05) is 29.5 Å². The number of nitrogens with zero attached hydrogens (tertiary/aromatic N) is 4. The molecule has 0 fully saturated rings. The third-order valence-corrected chi connectivity index (χ3v) is 3.68. The second-order valence-corrected chi connectivity index (χ2v) is 5.33. The number of carbonyl (C=O) groups is 1. The first-order valence-corrected chi connectivity index (χ1v) is 7.41. The van der Waals surface area contributed by atoms with E-state index in [1.807, 2.05) is 31.2 Å². The van der Waals surface area contributed by atoms with Gasteiger partial charge in [0.25, 0.3) is 0 Å². The van der Waals surface area contributed by atoms with Gasteiger partial charge in [0.05, 0.1) is 18.2 Å². The van der Waals surface area contributed by atoms with Gasteiger partial charge in [-0.05, 0) is 19.1 Å². The highest BCUT2D eigenvalue weighted by Gasteiger charge is 2.16. The molecule has 0 atom stereocenters. The number of hydrogen-bond acceptors (Lipinski definition) is 5. The molecule has 0 radical (unpaired) electrons. The van der Waals surface area contributed by atoms with E-state index in [1.54, 1.807) is 4.90 Å². The lowest BCUT2D eigenvalue weighted by molar-refractivity contribution is -0.116. The summed E-state index contributed by atoms with van der Waals surface area (Å²) in [5.74, 6) is 0.185. The molecule has 0 bridgehead atoms. The highest BCUT2D eigenvalue weighted by molar-refractivity contribution is 7.99. The number of benzene rings is 1. The Morgan fingerprint density at radius 3 is 2.81 bits per heavy atom. The summed E-state index contributed by atoms with van der Waals surface area (Å²) >= 11 is 1.29. The Morgan fingerprint density at radius 1 is 1.43 bits per heavy atom. The Balaban J connectivity index is 2.05. The van der Waals surface area contributed by atoms with E-state index < -0.39 is 0 Å². The number of rotatable bonds is 6. The summed E-state index contributed by atoms with van der Waals surface area (Å²) in [5, 5.41) is 15.8. The average Bonchev–Trinajstić information content (AvgIpc) is 3.00. The molecule has 0 spiro atoms. The number of carbonyl (C=O) groups excluding carboxylic acids is 1. The molecule has 1 N–H and O–H groups in total. The molecule has 0 saturated carbocycles. The van der Waals surface area contributed by atoms with Crippen LogP contribution in [-0.2, 0) is 4.79 Å². The van der Waals surface area contributed by atoms with Crippen molar-refractivity contribution >= 4 is 23.4 Å². The van der Waals surface area contributed by atoms with Crippen LogP contribution in [0, 0.1) is 18.3 Å². The van der Waals surface area contributed by atoms with E-state index in [-0.39, 0.29) is 11.7 Å². The van der Waals surface area contributed by atoms with Gasteiger partial charge < -0.3 is 4.90 Å². The van der Waals surface area contributed by atoms with Gasteiger partial charge in [-0.25, -0.2) is 4.98 Å². The fourth-order valence-electron chi connectivity index (χ4n) is 1.76. The number of nitriles is 1. The van der Waals surface area contributed by atoms with Gasteiger partial charge in [-0.2, -0.15) is 10.4 Å². The van der Waals surface area contributed by atoms with Gasteiger partial charge in [0, 0.05) is 12.2 Å². The Labute approximate surface area is 127 Å². The second kappa shape index (κ2) is 7.45. The Kier molecular flexibility index (Phi) is 5.35. The van der Waals surface area contributed by atoms with Crippen LogP contribution in [0.3, 0.4) is 0 Å². The maximum atomic E-state index is 12.4. The number of hydrogen-bond donors (Lipinski definition) is 1. The molecule has 7 heteroatoms. The van der Waals surface area contributed by atoms with Gasteiger partial charge in [0.1, 0.15) is 6.33 Å². The maximum absolute atomic E-state index is 12.4. The monoisotopic (exact) mass is 301 g/mol. The van der Waals surface area contributed by atoms with Gasteiger partial charge in [0.15, 0.2) is 5.16 Å². The van der Waals surface area contributed by atoms with E-state index in [0.29, 0.717) is 18.1 Å². The largest absolute Gasteiger partial charge is 0.311 e. The number of aryl methyl sites for hydroxylation is 1. The number of anilines is 1. The smallest absolute Gasteiger partial charge is 0.237 e. The normalized spacial score (nSPS) is 10.1. The van der Waals surface area contributed by atoms with Crippen LogP contribution in [0.25, 0.3) is 0 Å². The standard InChI is InChI=1S/C14H15N5OS/c1-11-3-5-12(6-4-11)19(8-2-7-15)13(20)9-21-14-16-10-17-18-14/h3-6,10H,2,8-9H2,1H3,(H,16,17,18). The van der Waals surface area contributed by atoms with Crippen molar-refractivity contribution in [3.8, 4) is 6.07 Å². The van der Waals surface area contributed by atoms with Crippen LogP contribution in [0.5, 0.6) is 0 Å². The van der Waals surface area contributed by atoms with Crippen LogP contribution in [-0.4, -0.2) is 33.4 Å². The van der Waals surface area contributed by atoms with Crippen LogP contribution >= 0.6 is 11.8 Å². The van der Waals surface area contributed by atoms with Gasteiger partial charge in [0.2, 0.25) is 5.91 Å². The molecule has 108 valence electrons. The van der Waals surface area contributed by atoms with Gasteiger partial charge >= 0.3 is 0 Å². The molecule has 21 heavy (non-hydrogen) atoms. The first-order valence-electron chi connectivity index (χ1n) is 6.43. The SMILES string of the molecule is Cc1ccc(N(CCC#N)C(=O)CSc2ncn[nH]2)cc1. The number of amides is 1. The van der Waals surface area contributed by atoms with Gasteiger partial charge in [-0.15, -0.1) is 0 Å². The van der Waals surface area contributed by atoms with E-state index >= 15 is 0 Å². The summed E-state index contributed by atoms with van der Waals surface area (Å²) in [6.45, 7) is 2.38. The molecule has 6 nitrogen and oxygen atoms in total. The average molecular weight is 301 g/mol. The highest BCUT2D eigenvalue weighted by Crippen LogP contribution is 2.19. The fourth-order valence-corrected chi connectivity index (χ4v) is 2.41. The molecule has 0 saturated heterocycles. The molecule has 1 aromatic carbocycles. The lowest BCUT2D eigenvalue weighted by atomic mass is 10.2. The molecule has 1 amide bonds. The molecule has 0 aliphatic heterocycles. The van der Waals surface area contributed by atoms with Crippen LogP contribution in [0.15, 0.2) is 35.7 Å². The number of nitrogens with one attached hydrogen (secondary N) is 1. The third kappa shape index (κ3) is 4.33. The van der Waals surface area contributed by atoms with E-state index in [0.717, 1.165) is 11.3 Å². The van der Waals surface area contributed by atoms with Crippen LogP contribution in [0.2, 0.25) is 0 Å². The van der Waals surface area contributed by atoms with Crippen molar-refractivity contribution in [3.05, 3.63) is 36.2 Å². The zero-order valence-corrected chi connectivity index (χ0v) is 12.4. The van der Waals surface area contributed by atoms with E-state index in [1.165, 1.54) is 18.1 Å². The minimum atomic E-state index is -0.0597. The minimum absolute atomic E-state index is 0.0597. The summed E-state index contributed by atoms with van der Waals surface area (Å²) in [4.78, 5) is 18.0. The summed E-state index contributed by atoms with van der Waals surface area (Å²) in [6, 6.07) is 9.76. The van der Waals surface area contributed by atoms with E-state index in [9.17, 15) is 4.79 Å². The second-order valence-electron chi connectivity index (χ2n) is 4.37. The molecule has 0 unspecified atom stereocenters. The molecule has 2 rings (SSSR count). The number of H-pyrrole nitrogens is 1. The molecule has 0 aliphatic rings. The van der Waals surface area contributed by atoms with Crippen molar-refractivity contribution < 1.29 is 4.79 Å². The first kappa shape index (κ1) is 15.1. The molecular weight excluding hydrogens is 286 g/mol. The first-order chi connectivity index (χ1) is 10.2. The predicted octanol–water partition coefficient (Wildman–Crippen LogP) is 2.15. The van der Waals surface area contributed by atoms with Crippen LogP contribution in [0.4, 0.5) is 5.69 Å². The van der Waals surface area contributed by atoms with Gasteiger partial charge in [-0.3, -0.25) is 9.89 Å². The van der Waals surface area contributed by atoms with Crippen LogP contribution in [0.1, 0.15) is 12.0 Å². The zero-order chi connectivity index (χ0) is 15.1. The van der Waals surface area contributed by atoms with Crippen molar-refractivity contribution in [3.63, 3.8) is 0 Å². The number of aromatic amines is 1. The summed E-state index contributed by atoms with van der Waals surface area (Å²) in [5.41, 5.74) is 1.93. The number of thioether (sulfide) groups is 1. The molecule has 2 aromatic rings. The zero-order valence-electron chi connectivity index (χ0n) is 11.6. The van der Waals surface area contributed by atoms with E-state index in [4.69, 9.17) is 5.26 Å². The summed E-state index contributed by atoms with van der Waals surface area (Å²) < 4.78 is 0. The quantitative estimate of drug-likeness (QED) is 0.826. The van der Waals surface area contributed by atoms with Crippen LogP contribution < -0.4 is 4.90 Å². The van der Waals surface area contributed by atoms with E-state index in [2.05, 4.69) is 21.3 Å². The summed E-state index contributed by atoms with van der Waals surface area (Å²) in [6.07, 6.45) is 1.70. The molecular formula is C14H15N5OS. The lowest BCUT2D eigenvalue weighted by Gasteiger charge is -2.21. The fraction of sp³-hybridized carbons (Fsp3) is 0.286. The Bertz CT molecular complexity index is 618. The predicted molar refractivity (Wildman–Crippen MR) is 80.9 cm³/mol. The molecule has 0 aliphatic carbocycles. The Morgan fingerprint density at radius 2 is 2.19 bits per heavy atom. The van der Waals surface area contributed by atoms with Crippen molar-refractivity contribution in [1.29, 1.82) is 5.26 Å². The minimum Gasteiger partial charge on any atom is -0.311 e.